The molecule has 17 heteroatoms. The van der Waals surface area contributed by atoms with Crippen molar-refractivity contribution < 1.29 is 81.4 Å². The quantitative estimate of drug-likeness (QED) is 0.0683. The monoisotopic (exact) mass is 772 g/mol. The van der Waals surface area contributed by atoms with Crippen LogP contribution < -0.4 is 0 Å². The second kappa shape index (κ2) is 26.6. The molecule has 1 aliphatic heterocycles. The third-order valence-corrected chi connectivity index (χ3v) is 7.90. The van der Waals surface area contributed by atoms with E-state index >= 15 is 0 Å². The number of ketones is 4. The molecule has 0 bridgehead atoms. The zero-order valence-electron chi connectivity index (χ0n) is 32.0. The maximum absolute atomic E-state index is 13.0. The van der Waals surface area contributed by atoms with E-state index in [0.717, 1.165) is 25.7 Å². The lowest BCUT2D eigenvalue weighted by atomic mass is 9.97. The third kappa shape index (κ3) is 21.6. The van der Waals surface area contributed by atoms with E-state index in [1.165, 1.54) is 27.7 Å². The molecule has 1 aliphatic rings. The molecule has 0 aromatic carbocycles. The maximum atomic E-state index is 13.0. The Balaban J connectivity index is 3.45. The van der Waals surface area contributed by atoms with Crippen LogP contribution in [0.5, 0.6) is 0 Å². The molecule has 0 aliphatic carbocycles. The van der Waals surface area contributed by atoms with Crippen LogP contribution in [-0.4, -0.2) is 115 Å². The summed E-state index contributed by atoms with van der Waals surface area (Å²) in [7, 11) is 0. The summed E-state index contributed by atoms with van der Waals surface area (Å²) >= 11 is 0. The Bertz CT molecular complexity index is 1280. The lowest BCUT2D eigenvalue weighted by Crippen LogP contribution is -2.63. The molecule has 306 valence electrons. The van der Waals surface area contributed by atoms with Crippen molar-refractivity contribution in [3.8, 4) is 0 Å². The molecule has 1 heterocycles. The first-order chi connectivity index (χ1) is 25.5. The van der Waals surface area contributed by atoms with E-state index in [9.17, 15) is 48.3 Å². The van der Waals surface area contributed by atoms with Gasteiger partial charge in [0.15, 0.2) is 24.6 Å². The fourth-order valence-corrected chi connectivity index (χ4v) is 4.93. The standard InChI is InChI=1S/C37H56O17/c1-6-7-8-9-10-11-29(43)48-20-27(42)21-50-37-36(54-33(47)19-15-26(5)41)35(53-32(46)18-14-25(4)40)34(52-31(45)17-13-24(3)39)28(51-37)22-49-30(44)16-12-23(2)38/h27-28,34-37,42H,6-22H2,1-5H3/t27?,28-,34+,35+,36-,37-/m1/s1. The molecular formula is C37H56O17. The number of aliphatic hydroxyl groups excluding tert-OH is 1. The van der Waals surface area contributed by atoms with Crippen molar-refractivity contribution in [2.75, 3.05) is 19.8 Å². The number of hydrogen-bond donors (Lipinski definition) is 1. The summed E-state index contributed by atoms with van der Waals surface area (Å²) < 4.78 is 39.1. The van der Waals surface area contributed by atoms with E-state index in [0.29, 0.717) is 6.42 Å². The third-order valence-electron chi connectivity index (χ3n) is 7.90. The molecule has 17 nitrogen and oxygen atoms in total. The van der Waals surface area contributed by atoms with E-state index in [1.54, 1.807) is 0 Å². The summed E-state index contributed by atoms with van der Waals surface area (Å²) in [5.41, 5.74) is 0. The highest BCUT2D eigenvalue weighted by atomic mass is 16.7. The van der Waals surface area contributed by atoms with Gasteiger partial charge >= 0.3 is 29.8 Å². The van der Waals surface area contributed by atoms with E-state index in [-0.39, 0.29) is 61.7 Å². The molecule has 0 radical (unpaired) electrons. The van der Waals surface area contributed by atoms with Crippen LogP contribution >= 0.6 is 0 Å². The van der Waals surface area contributed by atoms with E-state index in [1.807, 2.05) is 0 Å². The maximum Gasteiger partial charge on any atom is 0.306 e. The number of hydrogen-bond acceptors (Lipinski definition) is 17. The van der Waals surface area contributed by atoms with Gasteiger partial charge in [0.05, 0.1) is 32.3 Å². The van der Waals surface area contributed by atoms with E-state index in [2.05, 4.69) is 6.92 Å². The molecule has 1 unspecified atom stereocenters. The first-order valence-corrected chi connectivity index (χ1v) is 18.3. The average molecular weight is 773 g/mol. The molecule has 54 heavy (non-hydrogen) atoms. The van der Waals surface area contributed by atoms with Crippen LogP contribution in [0.2, 0.25) is 0 Å². The summed E-state index contributed by atoms with van der Waals surface area (Å²) in [6.45, 7) is 5.38. The Hall–Kier alpha value is -4.09. The predicted octanol–water partition coefficient (Wildman–Crippen LogP) is 2.75. The van der Waals surface area contributed by atoms with Gasteiger partial charge in [-0.25, -0.2) is 0 Å². The molecule has 1 rings (SSSR count). The minimum Gasteiger partial charge on any atom is -0.463 e. The van der Waals surface area contributed by atoms with Crippen molar-refractivity contribution in [1.82, 2.24) is 0 Å². The molecule has 6 atom stereocenters. The van der Waals surface area contributed by atoms with Crippen molar-refractivity contribution in [3.63, 3.8) is 0 Å². The Morgan fingerprint density at radius 3 is 1.46 bits per heavy atom. The van der Waals surface area contributed by atoms with Crippen molar-refractivity contribution in [3.05, 3.63) is 0 Å². The highest BCUT2D eigenvalue weighted by Crippen LogP contribution is 2.31. The van der Waals surface area contributed by atoms with Gasteiger partial charge in [-0.15, -0.1) is 0 Å². The van der Waals surface area contributed by atoms with Crippen LogP contribution in [0.4, 0.5) is 0 Å². The SMILES string of the molecule is CCCCCCCC(=O)OCC(O)CO[C@@H]1O[C@H](COC(=O)CCC(C)=O)[C@H](OC(=O)CCC(C)=O)[C@H](OC(=O)CCC(C)=O)[C@H]1OC(=O)CCC(C)=O. The Kier molecular flexibility index (Phi) is 23.7. The van der Waals surface area contributed by atoms with Gasteiger partial charge in [-0.2, -0.15) is 0 Å². The highest BCUT2D eigenvalue weighted by molar-refractivity contribution is 5.83. The largest absolute Gasteiger partial charge is 0.463 e. The predicted molar refractivity (Wildman–Crippen MR) is 185 cm³/mol. The Morgan fingerprint density at radius 1 is 0.519 bits per heavy atom. The Labute approximate surface area is 315 Å². The average Bonchev–Trinajstić information content (AvgIpc) is 3.10. The second-order valence-corrected chi connectivity index (χ2v) is 13.2. The van der Waals surface area contributed by atoms with Crippen LogP contribution in [0.25, 0.3) is 0 Å². The minimum atomic E-state index is -1.74. The topological polar surface area (TPSA) is 238 Å². The summed E-state index contributed by atoms with van der Waals surface area (Å²) in [6, 6.07) is 0. The first-order valence-electron chi connectivity index (χ1n) is 18.3. The lowest BCUT2D eigenvalue weighted by Gasteiger charge is -2.44. The van der Waals surface area contributed by atoms with Gasteiger partial charge in [-0.05, 0) is 34.1 Å². The fourth-order valence-electron chi connectivity index (χ4n) is 4.93. The number of aliphatic hydroxyl groups is 1. The van der Waals surface area contributed by atoms with E-state index < -0.39 is 106 Å². The van der Waals surface area contributed by atoms with Crippen molar-refractivity contribution in [1.29, 1.82) is 0 Å². The highest BCUT2D eigenvalue weighted by Gasteiger charge is 2.53. The molecule has 1 fully saturated rings. The van der Waals surface area contributed by atoms with Crippen molar-refractivity contribution in [2.24, 2.45) is 0 Å². The van der Waals surface area contributed by atoms with Gasteiger partial charge in [0, 0.05) is 32.1 Å². The summed E-state index contributed by atoms with van der Waals surface area (Å²) in [4.78, 5) is 110. The fraction of sp³-hybridized carbons (Fsp3) is 0.757. The molecule has 1 N–H and O–H groups in total. The van der Waals surface area contributed by atoms with Crippen LogP contribution in [0.15, 0.2) is 0 Å². The second-order valence-electron chi connectivity index (χ2n) is 13.2. The number of esters is 5. The van der Waals surface area contributed by atoms with Crippen LogP contribution in [-0.2, 0) is 76.3 Å². The smallest absolute Gasteiger partial charge is 0.306 e. The summed E-state index contributed by atoms with van der Waals surface area (Å²) in [5.74, 6) is -5.58. The lowest BCUT2D eigenvalue weighted by molar-refractivity contribution is -0.312. The molecular weight excluding hydrogens is 716 g/mol. The van der Waals surface area contributed by atoms with Crippen LogP contribution in [0.1, 0.15) is 125 Å². The molecule has 0 aromatic heterocycles. The number of ether oxygens (including phenoxy) is 7. The van der Waals surface area contributed by atoms with Gasteiger partial charge in [-0.1, -0.05) is 32.6 Å². The van der Waals surface area contributed by atoms with Crippen molar-refractivity contribution >= 4 is 53.0 Å². The minimum absolute atomic E-state index is 0.129. The van der Waals surface area contributed by atoms with E-state index in [4.69, 9.17) is 33.2 Å². The number of unbranched alkanes of at least 4 members (excludes halogenated alkanes) is 4. The van der Waals surface area contributed by atoms with Gasteiger partial charge in [0.2, 0.25) is 0 Å². The normalized spacial score (nSPS) is 19.9. The van der Waals surface area contributed by atoms with Crippen LogP contribution in [0.3, 0.4) is 0 Å². The van der Waals surface area contributed by atoms with Gasteiger partial charge in [0.1, 0.15) is 48.6 Å². The molecule has 1 saturated heterocycles. The van der Waals surface area contributed by atoms with Gasteiger partial charge < -0.3 is 57.4 Å². The number of carbonyl (C=O) groups is 9. The molecule has 0 amide bonds. The molecule has 0 saturated carbocycles. The van der Waals surface area contributed by atoms with Crippen molar-refractivity contribution in [2.45, 2.75) is 161 Å². The number of Topliss-reactive ketones (excluding diaryl/α,β-unsaturated/α-hetero) is 4. The summed E-state index contributed by atoms with van der Waals surface area (Å²) in [5, 5.41) is 10.6. The van der Waals surface area contributed by atoms with Crippen LogP contribution in [0, 0.1) is 0 Å². The first kappa shape index (κ1) is 47.9. The zero-order chi connectivity index (χ0) is 40.6. The van der Waals surface area contributed by atoms with Gasteiger partial charge in [-0.3, -0.25) is 24.0 Å². The zero-order valence-corrected chi connectivity index (χ0v) is 32.0. The Morgan fingerprint density at radius 2 is 0.963 bits per heavy atom. The van der Waals surface area contributed by atoms with Gasteiger partial charge in [0.25, 0.3) is 0 Å². The summed E-state index contributed by atoms with van der Waals surface area (Å²) in [6.07, 6.45) is -7.42. The number of carbonyl (C=O) groups excluding carboxylic acids is 9. The molecule has 0 aromatic rings. The number of rotatable bonds is 28. The molecule has 0 spiro atoms.